The van der Waals surface area contributed by atoms with Crippen molar-refractivity contribution in [3.8, 4) is 0 Å². The van der Waals surface area contributed by atoms with Crippen LogP contribution in [0.15, 0.2) is 15.9 Å². The van der Waals surface area contributed by atoms with Crippen molar-refractivity contribution in [2.24, 2.45) is 14.1 Å². The number of aryl methyl sites for hydroxylation is 2. The molecule has 0 spiro atoms. The molecule has 1 amide bonds. The number of methoxy groups -OCH3 is 1. The van der Waals surface area contributed by atoms with E-state index in [2.05, 4.69) is 10.3 Å². The van der Waals surface area contributed by atoms with Crippen LogP contribution in [0.4, 0.5) is 0 Å². The summed E-state index contributed by atoms with van der Waals surface area (Å²) >= 11 is 0. The molecule has 0 bridgehead atoms. The minimum Gasteiger partial charge on any atom is -0.383 e. The van der Waals surface area contributed by atoms with Gasteiger partial charge in [-0.15, -0.1) is 0 Å². The number of carbonyl (C=O) groups is 1. The smallest absolute Gasteiger partial charge is 0.332 e. The van der Waals surface area contributed by atoms with E-state index in [4.69, 9.17) is 4.74 Å². The summed E-state index contributed by atoms with van der Waals surface area (Å²) in [5.41, 5.74) is -0.230. The number of nitrogens with zero attached hydrogens (tertiary/aromatic N) is 4. The molecule has 1 N–H and O–H groups in total. The van der Waals surface area contributed by atoms with E-state index in [1.807, 2.05) is 6.92 Å². The van der Waals surface area contributed by atoms with Crippen LogP contribution in [-0.2, 0) is 30.2 Å². The first kappa shape index (κ1) is 16.9. The number of hydrogen-bond acceptors (Lipinski definition) is 5. The van der Waals surface area contributed by atoms with E-state index in [1.165, 1.54) is 17.9 Å². The summed E-state index contributed by atoms with van der Waals surface area (Å²) < 4.78 is 8.90. The molecule has 0 unspecified atom stereocenters. The number of fused-ring (bicyclic) bond motifs is 1. The van der Waals surface area contributed by atoms with Crippen molar-refractivity contribution in [1.29, 1.82) is 0 Å². The molecule has 1 atom stereocenters. The first-order chi connectivity index (χ1) is 10.9. The van der Waals surface area contributed by atoms with Gasteiger partial charge in [-0.2, -0.15) is 0 Å². The second-order valence-electron chi connectivity index (χ2n) is 5.49. The second kappa shape index (κ2) is 6.78. The summed E-state index contributed by atoms with van der Waals surface area (Å²) in [4.78, 5) is 40.1. The number of imidazole rings is 1. The van der Waals surface area contributed by atoms with Gasteiger partial charge in [-0.1, -0.05) is 0 Å². The van der Waals surface area contributed by atoms with Gasteiger partial charge in [-0.05, 0) is 6.92 Å². The van der Waals surface area contributed by atoms with Crippen LogP contribution in [0.3, 0.4) is 0 Å². The Bertz CT molecular complexity index is 832. The molecule has 2 heterocycles. The molecule has 2 aromatic rings. The van der Waals surface area contributed by atoms with Gasteiger partial charge in [0.15, 0.2) is 11.2 Å². The topological polar surface area (TPSA) is 100 Å². The summed E-state index contributed by atoms with van der Waals surface area (Å²) in [5, 5.41) is 2.80. The van der Waals surface area contributed by atoms with Crippen LogP contribution < -0.4 is 16.6 Å². The Morgan fingerprint density at radius 1 is 1.35 bits per heavy atom. The van der Waals surface area contributed by atoms with Gasteiger partial charge in [0.1, 0.15) is 0 Å². The van der Waals surface area contributed by atoms with E-state index >= 15 is 0 Å². The molecule has 126 valence electrons. The van der Waals surface area contributed by atoms with Crippen molar-refractivity contribution in [1.82, 2.24) is 24.0 Å². The third-order valence-electron chi connectivity index (χ3n) is 3.62. The molecule has 2 rings (SSSR count). The van der Waals surface area contributed by atoms with Crippen molar-refractivity contribution >= 4 is 17.1 Å². The van der Waals surface area contributed by atoms with Gasteiger partial charge in [0.25, 0.3) is 5.56 Å². The van der Waals surface area contributed by atoms with E-state index < -0.39 is 11.2 Å². The third kappa shape index (κ3) is 3.34. The van der Waals surface area contributed by atoms with E-state index in [1.54, 1.807) is 18.7 Å². The maximum Gasteiger partial charge on any atom is 0.332 e. The molecule has 0 fully saturated rings. The van der Waals surface area contributed by atoms with Crippen LogP contribution in [0.2, 0.25) is 0 Å². The first-order valence-corrected chi connectivity index (χ1v) is 7.26. The lowest BCUT2D eigenvalue weighted by Gasteiger charge is -2.13. The van der Waals surface area contributed by atoms with Gasteiger partial charge in [0.2, 0.25) is 5.91 Å². The summed E-state index contributed by atoms with van der Waals surface area (Å²) in [5.74, 6) is -0.141. The molecule has 0 aliphatic carbocycles. The third-order valence-corrected chi connectivity index (χ3v) is 3.62. The quantitative estimate of drug-likeness (QED) is 0.733. The van der Waals surface area contributed by atoms with Crippen LogP contribution in [0.1, 0.15) is 13.3 Å². The van der Waals surface area contributed by atoms with Gasteiger partial charge in [0.05, 0.1) is 12.9 Å². The van der Waals surface area contributed by atoms with Crippen LogP contribution in [0.5, 0.6) is 0 Å². The molecule has 0 aliphatic rings. The monoisotopic (exact) mass is 323 g/mol. The highest BCUT2D eigenvalue weighted by Gasteiger charge is 2.15. The van der Waals surface area contributed by atoms with Gasteiger partial charge < -0.3 is 14.6 Å². The lowest BCUT2D eigenvalue weighted by molar-refractivity contribution is -0.122. The molecular weight excluding hydrogens is 302 g/mol. The molecule has 23 heavy (non-hydrogen) atoms. The fourth-order valence-corrected chi connectivity index (χ4v) is 2.43. The Kier molecular flexibility index (Phi) is 4.99. The first-order valence-electron chi connectivity index (χ1n) is 7.26. The van der Waals surface area contributed by atoms with E-state index in [-0.39, 0.29) is 18.4 Å². The Morgan fingerprint density at radius 3 is 2.70 bits per heavy atom. The summed E-state index contributed by atoms with van der Waals surface area (Å²) in [7, 11) is 4.54. The summed E-state index contributed by atoms with van der Waals surface area (Å²) in [6, 6.07) is -0.0827. The van der Waals surface area contributed by atoms with Crippen molar-refractivity contribution in [3.63, 3.8) is 0 Å². The maximum atomic E-state index is 12.3. The maximum absolute atomic E-state index is 12.3. The van der Waals surface area contributed by atoms with E-state index in [0.29, 0.717) is 24.3 Å². The molecule has 9 heteroatoms. The van der Waals surface area contributed by atoms with Crippen molar-refractivity contribution in [3.05, 3.63) is 27.2 Å². The lowest BCUT2D eigenvalue weighted by atomic mass is 10.3. The van der Waals surface area contributed by atoms with Crippen molar-refractivity contribution in [2.45, 2.75) is 25.9 Å². The highest BCUT2D eigenvalue weighted by Crippen LogP contribution is 2.06. The molecule has 0 aromatic carbocycles. The molecule has 0 saturated carbocycles. The van der Waals surface area contributed by atoms with Gasteiger partial charge in [-0.3, -0.25) is 18.7 Å². The molecular formula is C14H21N5O4. The predicted molar refractivity (Wildman–Crippen MR) is 84.3 cm³/mol. The molecule has 2 aromatic heterocycles. The van der Waals surface area contributed by atoms with Crippen LogP contribution in [0, 0.1) is 0 Å². The highest BCUT2D eigenvalue weighted by atomic mass is 16.5. The van der Waals surface area contributed by atoms with Crippen molar-refractivity contribution < 1.29 is 9.53 Å². The summed E-state index contributed by atoms with van der Waals surface area (Å²) in [6.07, 6.45) is 1.67. The Hall–Kier alpha value is -2.42. The fraction of sp³-hybridized carbons (Fsp3) is 0.571. The number of nitrogens with one attached hydrogen (secondary N) is 1. The van der Waals surface area contributed by atoms with Gasteiger partial charge in [0, 0.05) is 40.2 Å². The summed E-state index contributed by atoms with van der Waals surface area (Å²) in [6.45, 7) is 2.58. The molecule has 0 aliphatic heterocycles. The Balaban J connectivity index is 2.21. The zero-order valence-electron chi connectivity index (χ0n) is 13.7. The molecule has 0 radical (unpaired) electrons. The van der Waals surface area contributed by atoms with Crippen LogP contribution >= 0.6 is 0 Å². The number of amides is 1. The highest BCUT2D eigenvalue weighted by molar-refractivity contribution is 5.76. The zero-order valence-corrected chi connectivity index (χ0v) is 13.7. The van der Waals surface area contributed by atoms with Crippen molar-refractivity contribution in [2.75, 3.05) is 13.7 Å². The van der Waals surface area contributed by atoms with E-state index in [9.17, 15) is 14.4 Å². The number of aromatic nitrogens is 4. The van der Waals surface area contributed by atoms with Gasteiger partial charge >= 0.3 is 5.69 Å². The van der Waals surface area contributed by atoms with Crippen LogP contribution in [-0.4, -0.2) is 44.4 Å². The average molecular weight is 323 g/mol. The average Bonchev–Trinajstić information content (AvgIpc) is 2.93. The second-order valence-corrected chi connectivity index (χ2v) is 5.49. The Morgan fingerprint density at radius 2 is 2.04 bits per heavy atom. The number of carbonyl (C=O) groups excluding carboxylic acids is 1. The van der Waals surface area contributed by atoms with E-state index in [0.717, 1.165) is 4.57 Å². The standard InChI is InChI=1S/C14H21N5O4/c1-9(7-23-4)16-10(20)5-6-19-8-15-12-11(19)13(21)18(3)14(22)17(12)2/h8-9H,5-7H2,1-4H3,(H,16,20)/t9-/m0/s1. The minimum atomic E-state index is -0.432. The lowest BCUT2D eigenvalue weighted by Crippen LogP contribution is -2.38. The molecule has 9 nitrogen and oxygen atoms in total. The largest absolute Gasteiger partial charge is 0.383 e. The predicted octanol–water partition coefficient (Wildman–Crippen LogP) is -1.03. The van der Waals surface area contributed by atoms with Gasteiger partial charge in [-0.25, -0.2) is 9.78 Å². The SMILES string of the molecule is COC[C@H](C)NC(=O)CCn1cnc2c1c(=O)n(C)c(=O)n2C. The molecule has 0 saturated heterocycles. The number of rotatable bonds is 6. The normalized spacial score (nSPS) is 12.5. The number of hydrogen-bond donors (Lipinski definition) is 1. The Labute approximate surface area is 132 Å². The zero-order chi connectivity index (χ0) is 17.1. The van der Waals surface area contributed by atoms with Crippen LogP contribution in [0.25, 0.3) is 11.2 Å². The number of ether oxygens (including phenoxy) is 1. The minimum absolute atomic E-state index is 0.0827. The fourth-order valence-electron chi connectivity index (χ4n) is 2.43.